The Balaban J connectivity index is 1.22. The Labute approximate surface area is 185 Å². The predicted molar refractivity (Wildman–Crippen MR) is 112 cm³/mol. The van der Waals surface area contributed by atoms with Gasteiger partial charge in [-0.15, -0.1) is 0 Å². The van der Waals surface area contributed by atoms with Crippen molar-refractivity contribution in [2.45, 2.75) is 25.1 Å². The number of rotatable bonds is 8. The van der Waals surface area contributed by atoms with Gasteiger partial charge in [-0.25, -0.2) is 9.59 Å². The fraction of sp³-hybridized carbons (Fsp3) is 0.789. The molecule has 2 N–H and O–H groups in total. The molecule has 4 heterocycles. The van der Waals surface area contributed by atoms with E-state index in [1.807, 2.05) is 9.80 Å². The van der Waals surface area contributed by atoms with Crippen LogP contribution in [0.25, 0.3) is 0 Å². The van der Waals surface area contributed by atoms with Gasteiger partial charge in [0.2, 0.25) is 5.95 Å². The summed E-state index contributed by atoms with van der Waals surface area (Å²) in [5.41, 5.74) is 0. The second kappa shape index (κ2) is 9.88. The standard InChI is InChI=1S/C19H31N7O6/c1-22-14(16(31-19(22)30)25-9-7-24(8-10-25)13-15(27)28)3-2-4-23-5-11-26(12-6-23)17-20-18(29)32-21-17/h14,16H,2-13H2,1H3,(H,27,28)(H,20,21,29). The molecule has 3 aliphatic rings. The second-order valence-electron chi connectivity index (χ2n) is 8.55. The highest BCUT2D eigenvalue weighted by Crippen LogP contribution is 2.26. The number of carboxylic acid groups (broad SMARTS) is 1. The highest BCUT2D eigenvalue weighted by Gasteiger charge is 2.43. The van der Waals surface area contributed by atoms with E-state index < -0.39 is 11.7 Å². The molecule has 2 atom stereocenters. The third kappa shape index (κ3) is 5.22. The molecule has 0 aromatic carbocycles. The van der Waals surface area contributed by atoms with Crippen molar-refractivity contribution in [3.05, 3.63) is 10.6 Å². The van der Waals surface area contributed by atoms with E-state index in [9.17, 15) is 14.4 Å². The van der Waals surface area contributed by atoms with Crippen molar-refractivity contribution in [3.8, 4) is 0 Å². The maximum Gasteiger partial charge on any atom is 0.440 e. The lowest BCUT2D eigenvalue weighted by molar-refractivity contribution is -0.139. The van der Waals surface area contributed by atoms with Gasteiger partial charge in [0.15, 0.2) is 6.23 Å². The first kappa shape index (κ1) is 22.6. The van der Waals surface area contributed by atoms with Crippen LogP contribution < -0.4 is 10.7 Å². The van der Waals surface area contributed by atoms with E-state index >= 15 is 0 Å². The van der Waals surface area contributed by atoms with Gasteiger partial charge in [0.25, 0.3) is 0 Å². The molecular formula is C19H31N7O6. The van der Waals surface area contributed by atoms with Crippen LogP contribution in [0.15, 0.2) is 9.32 Å². The molecule has 0 bridgehead atoms. The molecule has 0 saturated carbocycles. The largest absolute Gasteiger partial charge is 0.480 e. The molecular weight excluding hydrogens is 422 g/mol. The molecule has 0 spiro atoms. The molecule has 0 radical (unpaired) electrons. The number of hydrogen-bond acceptors (Lipinski definition) is 10. The fourth-order valence-electron chi connectivity index (χ4n) is 4.68. The normalized spacial score (nSPS) is 26.0. The number of carbonyl (C=O) groups excluding carboxylic acids is 1. The molecule has 32 heavy (non-hydrogen) atoms. The Hall–Kier alpha value is -2.64. The molecule has 1 aromatic rings. The number of cyclic esters (lactones) is 1. The zero-order valence-electron chi connectivity index (χ0n) is 18.3. The van der Waals surface area contributed by atoms with Gasteiger partial charge in [0.1, 0.15) is 0 Å². The van der Waals surface area contributed by atoms with E-state index in [1.54, 1.807) is 11.9 Å². The lowest BCUT2D eigenvalue weighted by Crippen LogP contribution is -2.54. The zero-order chi connectivity index (χ0) is 22.7. The van der Waals surface area contributed by atoms with Crippen LogP contribution in [0.1, 0.15) is 12.8 Å². The maximum absolute atomic E-state index is 12.2. The van der Waals surface area contributed by atoms with Crippen molar-refractivity contribution in [1.82, 2.24) is 29.7 Å². The van der Waals surface area contributed by atoms with Crippen LogP contribution in [-0.4, -0.2) is 132 Å². The van der Waals surface area contributed by atoms with Gasteiger partial charge >= 0.3 is 17.8 Å². The Morgan fingerprint density at radius 1 is 1.09 bits per heavy atom. The average Bonchev–Trinajstić information content (AvgIpc) is 3.33. The third-order valence-electron chi connectivity index (χ3n) is 6.54. The minimum absolute atomic E-state index is 0.0185. The summed E-state index contributed by atoms with van der Waals surface area (Å²) in [6.45, 7) is 6.87. The first-order valence-electron chi connectivity index (χ1n) is 11.1. The van der Waals surface area contributed by atoms with Gasteiger partial charge < -0.3 is 19.6 Å². The molecule has 3 aliphatic heterocycles. The average molecular weight is 454 g/mol. The van der Waals surface area contributed by atoms with Crippen molar-refractivity contribution in [3.63, 3.8) is 0 Å². The number of anilines is 1. The molecule has 13 nitrogen and oxygen atoms in total. The number of carbonyl (C=O) groups is 2. The van der Waals surface area contributed by atoms with E-state index in [0.717, 1.165) is 45.6 Å². The van der Waals surface area contributed by atoms with E-state index in [-0.39, 0.29) is 24.9 Å². The van der Waals surface area contributed by atoms with Crippen LogP contribution >= 0.6 is 0 Å². The highest BCUT2D eigenvalue weighted by atomic mass is 16.6. The van der Waals surface area contributed by atoms with Crippen molar-refractivity contribution in [1.29, 1.82) is 0 Å². The van der Waals surface area contributed by atoms with Crippen LogP contribution in [0.2, 0.25) is 0 Å². The molecule has 1 amide bonds. The van der Waals surface area contributed by atoms with Gasteiger partial charge in [-0.05, 0) is 24.5 Å². The van der Waals surface area contributed by atoms with Crippen LogP contribution in [0.5, 0.6) is 0 Å². The highest BCUT2D eigenvalue weighted by molar-refractivity contribution is 5.70. The number of aliphatic carboxylic acids is 1. The van der Waals surface area contributed by atoms with Crippen LogP contribution in [-0.2, 0) is 9.53 Å². The number of amides is 1. The molecule has 1 aromatic heterocycles. The van der Waals surface area contributed by atoms with Gasteiger partial charge in [-0.3, -0.25) is 29.0 Å². The minimum atomic E-state index is -0.821. The van der Waals surface area contributed by atoms with E-state index in [2.05, 4.69) is 24.5 Å². The number of ether oxygens (including phenoxy) is 1. The van der Waals surface area contributed by atoms with Gasteiger partial charge in [-0.1, -0.05) is 0 Å². The quantitative estimate of drug-likeness (QED) is 0.488. The van der Waals surface area contributed by atoms with E-state index in [1.165, 1.54) is 0 Å². The molecule has 3 fully saturated rings. The first-order chi connectivity index (χ1) is 15.4. The van der Waals surface area contributed by atoms with E-state index in [0.29, 0.717) is 32.1 Å². The number of carboxylic acids is 1. The minimum Gasteiger partial charge on any atom is -0.480 e. The maximum atomic E-state index is 12.2. The van der Waals surface area contributed by atoms with Gasteiger partial charge in [0, 0.05) is 59.4 Å². The van der Waals surface area contributed by atoms with Gasteiger partial charge in [0.05, 0.1) is 12.6 Å². The number of nitrogens with zero attached hydrogens (tertiary/aromatic N) is 6. The number of piperazine rings is 2. The summed E-state index contributed by atoms with van der Waals surface area (Å²) in [6, 6.07) is -0.0185. The Kier molecular flexibility index (Phi) is 6.96. The Morgan fingerprint density at radius 2 is 1.78 bits per heavy atom. The number of aromatic nitrogens is 2. The summed E-state index contributed by atoms with van der Waals surface area (Å²) in [7, 11) is 1.78. The van der Waals surface area contributed by atoms with Gasteiger partial charge in [-0.2, -0.15) is 0 Å². The summed E-state index contributed by atoms with van der Waals surface area (Å²) >= 11 is 0. The smallest absolute Gasteiger partial charge is 0.440 e. The molecule has 13 heteroatoms. The summed E-state index contributed by atoms with van der Waals surface area (Å²) in [6.07, 6.45) is 1.17. The summed E-state index contributed by atoms with van der Waals surface area (Å²) < 4.78 is 10.2. The number of aromatic amines is 1. The number of hydrogen-bond donors (Lipinski definition) is 2. The lowest BCUT2D eigenvalue weighted by Gasteiger charge is -2.38. The summed E-state index contributed by atoms with van der Waals surface area (Å²) in [5.74, 6) is -0.888. The molecule has 0 aliphatic carbocycles. The van der Waals surface area contributed by atoms with Crippen molar-refractivity contribution in [2.24, 2.45) is 0 Å². The topological polar surface area (TPSA) is 139 Å². The zero-order valence-corrected chi connectivity index (χ0v) is 18.3. The Morgan fingerprint density at radius 3 is 2.41 bits per heavy atom. The molecule has 178 valence electrons. The number of H-pyrrole nitrogens is 1. The number of likely N-dealkylation sites (N-methyl/N-ethyl adjacent to an activating group) is 1. The first-order valence-corrected chi connectivity index (χ1v) is 11.1. The molecule has 4 rings (SSSR count). The Bertz CT molecular complexity index is 843. The van der Waals surface area contributed by atoms with Crippen molar-refractivity contribution in [2.75, 3.05) is 77.4 Å². The summed E-state index contributed by atoms with van der Waals surface area (Å²) in [5, 5.41) is 12.7. The SMILES string of the molecule is CN1C(=O)OC(N2CCN(CC(=O)O)CC2)C1CCCN1CCN(c2noc(=O)[nH]2)CC1. The van der Waals surface area contributed by atoms with Crippen molar-refractivity contribution < 1.29 is 24.0 Å². The molecule has 3 saturated heterocycles. The predicted octanol–water partition coefficient (Wildman–Crippen LogP) is -1.26. The number of nitrogens with one attached hydrogen (secondary N) is 1. The van der Waals surface area contributed by atoms with Crippen LogP contribution in [0.3, 0.4) is 0 Å². The second-order valence-corrected chi connectivity index (χ2v) is 8.55. The van der Waals surface area contributed by atoms with Crippen LogP contribution in [0, 0.1) is 0 Å². The monoisotopic (exact) mass is 453 g/mol. The van der Waals surface area contributed by atoms with Crippen molar-refractivity contribution >= 4 is 18.0 Å². The lowest BCUT2D eigenvalue weighted by atomic mass is 10.1. The van der Waals surface area contributed by atoms with E-state index in [4.69, 9.17) is 9.84 Å². The van der Waals surface area contributed by atoms with Crippen LogP contribution in [0.4, 0.5) is 10.7 Å². The fourth-order valence-corrected chi connectivity index (χ4v) is 4.68. The molecule has 2 unspecified atom stereocenters. The summed E-state index contributed by atoms with van der Waals surface area (Å²) in [4.78, 5) is 47.0. The third-order valence-corrected chi connectivity index (χ3v) is 6.54.